The lowest BCUT2D eigenvalue weighted by atomic mass is 10.1. The highest BCUT2D eigenvalue weighted by Crippen LogP contribution is 2.36. The fourth-order valence-electron chi connectivity index (χ4n) is 1.71. The summed E-state index contributed by atoms with van der Waals surface area (Å²) >= 11 is 11.7. The molecular weight excluding hydrogens is 332 g/mol. The largest absolute Gasteiger partial charge is 0.497 e. The molecule has 1 nitrogen and oxygen atoms in total. The van der Waals surface area contributed by atoms with E-state index in [4.69, 9.17) is 16.3 Å². The lowest BCUT2D eigenvalue weighted by Gasteiger charge is -2.08. The fraction of sp³-hybridized carbons (Fsp3) is 0.286. The molecule has 0 fully saturated rings. The first-order chi connectivity index (χ1) is 8.60. The van der Waals surface area contributed by atoms with Crippen LogP contribution in [0.2, 0.25) is 0 Å². The third-order valence-electron chi connectivity index (χ3n) is 2.76. The number of thiophene rings is 1. The number of rotatable bonds is 4. The van der Waals surface area contributed by atoms with Crippen LogP contribution in [0.3, 0.4) is 0 Å². The summed E-state index contributed by atoms with van der Waals surface area (Å²) in [6, 6.07) is 10.2. The molecule has 0 aliphatic heterocycles. The second kappa shape index (κ2) is 6.09. The van der Waals surface area contributed by atoms with Gasteiger partial charge in [0.15, 0.2) is 0 Å². The number of aryl methyl sites for hydroxylation is 1. The molecule has 0 N–H and O–H groups in total. The van der Waals surface area contributed by atoms with Crippen molar-refractivity contribution in [2.45, 2.75) is 18.7 Å². The van der Waals surface area contributed by atoms with Gasteiger partial charge in [-0.25, -0.2) is 0 Å². The zero-order chi connectivity index (χ0) is 13.1. The molecule has 0 spiro atoms. The van der Waals surface area contributed by atoms with Crippen molar-refractivity contribution in [1.29, 1.82) is 0 Å². The Kier molecular flexibility index (Phi) is 4.71. The number of methoxy groups -OCH3 is 1. The average molecular weight is 346 g/mol. The van der Waals surface area contributed by atoms with E-state index in [9.17, 15) is 0 Å². The molecular formula is C14H14BrClOS. The first kappa shape index (κ1) is 13.9. The Labute approximate surface area is 125 Å². The fourth-order valence-corrected chi connectivity index (χ4v) is 3.63. The maximum absolute atomic E-state index is 6.46. The molecule has 1 aromatic heterocycles. The zero-order valence-corrected chi connectivity index (χ0v) is 13.4. The van der Waals surface area contributed by atoms with Gasteiger partial charge in [-0.15, -0.1) is 22.9 Å². The molecule has 1 atom stereocenters. The minimum Gasteiger partial charge on any atom is -0.497 e. The second-order valence-electron chi connectivity index (χ2n) is 4.13. The summed E-state index contributed by atoms with van der Waals surface area (Å²) in [6.45, 7) is 2.08. The molecule has 0 saturated carbocycles. The molecule has 2 aromatic rings. The lowest BCUT2D eigenvalue weighted by molar-refractivity contribution is 0.414. The van der Waals surface area contributed by atoms with Gasteiger partial charge >= 0.3 is 0 Å². The highest BCUT2D eigenvalue weighted by Gasteiger charge is 2.13. The Morgan fingerprint density at radius 1 is 1.33 bits per heavy atom. The van der Waals surface area contributed by atoms with E-state index in [1.165, 1.54) is 16.0 Å². The molecule has 1 heterocycles. The van der Waals surface area contributed by atoms with Crippen LogP contribution in [-0.4, -0.2) is 7.11 Å². The van der Waals surface area contributed by atoms with Crippen molar-refractivity contribution in [2.75, 3.05) is 7.11 Å². The van der Waals surface area contributed by atoms with Crippen LogP contribution >= 0.6 is 38.9 Å². The average Bonchev–Trinajstić information content (AvgIpc) is 2.71. The van der Waals surface area contributed by atoms with E-state index in [0.717, 1.165) is 16.0 Å². The number of halogens is 2. The molecule has 4 heteroatoms. The Balaban J connectivity index is 2.08. The molecule has 18 heavy (non-hydrogen) atoms. The molecule has 1 unspecified atom stereocenters. The Morgan fingerprint density at radius 2 is 2.00 bits per heavy atom. The summed E-state index contributed by atoms with van der Waals surface area (Å²) in [5.74, 6) is 0.875. The molecule has 1 aromatic carbocycles. The van der Waals surface area contributed by atoms with Gasteiger partial charge in [-0.2, -0.15) is 0 Å². The normalized spacial score (nSPS) is 12.4. The SMILES string of the molecule is COc1ccc(CC(Cl)c2cc(C)c(Br)s2)cc1. The minimum absolute atomic E-state index is 0.0217. The van der Waals surface area contributed by atoms with Crippen LogP contribution < -0.4 is 4.74 Å². The van der Waals surface area contributed by atoms with E-state index < -0.39 is 0 Å². The van der Waals surface area contributed by atoms with Crippen molar-refractivity contribution in [3.63, 3.8) is 0 Å². The van der Waals surface area contributed by atoms with Crippen LogP contribution in [0.5, 0.6) is 5.75 Å². The van der Waals surface area contributed by atoms with Gasteiger partial charge in [-0.05, 0) is 58.6 Å². The molecule has 96 valence electrons. The number of hydrogen-bond donors (Lipinski definition) is 0. The van der Waals surface area contributed by atoms with Crippen LogP contribution in [0.25, 0.3) is 0 Å². The molecule has 2 rings (SSSR count). The van der Waals surface area contributed by atoms with Crippen molar-refractivity contribution < 1.29 is 4.74 Å². The van der Waals surface area contributed by atoms with E-state index in [2.05, 4.69) is 41.1 Å². The van der Waals surface area contributed by atoms with Crippen molar-refractivity contribution in [3.05, 3.63) is 50.1 Å². The van der Waals surface area contributed by atoms with Gasteiger partial charge in [-0.1, -0.05) is 12.1 Å². The number of benzene rings is 1. The first-order valence-corrected chi connectivity index (χ1v) is 7.67. The van der Waals surface area contributed by atoms with Crippen molar-refractivity contribution in [2.24, 2.45) is 0 Å². The Bertz CT molecular complexity index is 502. The third kappa shape index (κ3) is 3.28. The first-order valence-electron chi connectivity index (χ1n) is 5.63. The minimum atomic E-state index is 0.0217. The zero-order valence-electron chi connectivity index (χ0n) is 10.2. The highest BCUT2D eigenvalue weighted by molar-refractivity contribution is 9.11. The van der Waals surface area contributed by atoms with Gasteiger partial charge in [0, 0.05) is 4.88 Å². The van der Waals surface area contributed by atoms with Crippen LogP contribution in [0, 0.1) is 6.92 Å². The quantitative estimate of drug-likeness (QED) is 0.679. The van der Waals surface area contributed by atoms with Crippen molar-refractivity contribution >= 4 is 38.9 Å². The van der Waals surface area contributed by atoms with E-state index in [-0.39, 0.29) is 5.38 Å². The van der Waals surface area contributed by atoms with Gasteiger partial charge in [0.25, 0.3) is 0 Å². The summed E-state index contributed by atoms with van der Waals surface area (Å²) in [7, 11) is 1.67. The molecule has 0 amide bonds. The molecule has 0 aliphatic rings. The van der Waals surface area contributed by atoms with Crippen LogP contribution in [0.15, 0.2) is 34.1 Å². The van der Waals surface area contributed by atoms with E-state index in [1.54, 1.807) is 18.4 Å². The third-order valence-corrected chi connectivity index (χ3v) is 5.53. The van der Waals surface area contributed by atoms with E-state index >= 15 is 0 Å². The molecule has 0 aliphatic carbocycles. The Morgan fingerprint density at radius 3 is 2.50 bits per heavy atom. The monoisotopic (exact) mass is 344 g/mol. The van der Waals surface area contributed by atoms with Crippen LogP contribution in [0.4, 0.5) is 0 Å². The van der Waals surface area contributed by atoms with E-state index in [0.29, 0.717) is 0 Å². The number of ether oxygens (including phenoxy) is 1. The van der Waals surface area contributed by atoms with E-state index in [1.807, 2.05) is 12.1 Å². The summed E-state index contributed by atoms with van der Waals surface area (Å²) in [6.07, 6.45) is 0.831. The van der Waals surface area contributed by atoms with Crippen molar-refractivity contribution in [3.8, 4) is 5.75 Å². The van der Waals surface area contributed by atoms with Crippen molar-refractivity contribution in [1.82, 2.24) is 0 Å². The van der Waals surface area contributed by atoms with Gasteiger partial charge in [0.2, 0.25) is 0 Å². The van der Waals surface area contributed by atoms with Gasteiger partial charge < -0.3 is 4.74 Å². The standard InChI is InChI=1S/C14H14BrClOS/c1-9-7-13(18-14(9)15)12(16)8-10-3-5-11(17-2)6-4-10/h3-7,12H,8H2,1-2H3. The summed E-state index contributed by atoms with van der Waals surface area (Å²) < 4.78 is 6.31. The summed E-state index contributed by atoms with van der Waals surface area (Å²) in [5.41, 5.74) is 2.47. The highest BCUT2D eigenvalue weighted by atomic mass is 79.9. The number of hydrogen-bond acceptors (Lipinski definition) is 2. The van der Waals surface area contributed by atoms with Crippen LogP contribution in [0.1, 0.15) is 21.4 Å². The maximum atomic E-state index is 6.46. The predicted octanol–water partition coefficient (Wildman–Crippen LogP) is 5.35. The summed E-state index contributed by atoms with van der Waals surface area (Å²) in [5, 5.41) is 0.0217. The maximum Gasteiger partial charge on any atom is 0.118 e. The Hall–Kier alpha value is -0.510. The molecule has 0 bridgehead atoms. The second-order valence-corrected chi connectivity index (χ2v) is 7.05. The molecule has 0 radical (unpaired) electrons. The lowest BCUT2D eigenvalue weighted by Crippen LogP contribution is -1.93. The molecule has 0 saturated heterocycles. The van der Waals surface area contributed by atoms with Gasteiger partial charge in [-0.3, -0.25) is 0 Å². The van der Waals surface area contributed by atoms with Crippen LogP contribution in [-0.2, 0) is 6.42 Å². The van der Waals surface area contributed by atoms with Gasteiger partial charge in [0.1, 0.15) is 5.75 Å². The summed E-state index contributed by atoms with van der Waals surface area (Å²) in [4.78, 5) is 1.21. The smallest absolute Gasteiger partial charge is 0.118 e. The predicted molar refractivity (Wildman–Crippen MR) is 82.0 cm³/mol. The number of alkyl halides is 1. The topological polar surface area (TPSA) is 9.23 Å². The van der Waals surface area contributed by atoms with Gasteiger partial charge in [0.05, 0.1) is 16.3 Å².